The Morgan fingerprint density at radius 2 is 1.71 bits per heavy atom. The van der Waals surface area contributed by atoms with Gasteiger partial charge in [-0.3, -0.25) is 4.39 Å². The zero-order chi connectivity index (χ0) is 24.4. The van der Waals surface area contributed by atoms with Gasteiger partial charge in [-0.1, -0.05) is 77.8 Å². The maximum atomic E-state index is 12.5. The van der Waals surface area contributed by atoms with Crippen molar-refractivity contribution in [3.8, 4) is 0 Å². The van der Waals surface area contributed by atoms with E-state index in [0.29, 0.717) is 22.4 Å². The number of hydrogen-bond donors (Lipinski definition) is 1. The summed E-state index contributed by atoms with van der Waals surface area (Å²) in [7, 11) is 0. The first kappa shape index (κ1) is 24.5. The van der Waals surface area contributed by atoms with Gasteiger partial charge in [-0.05, 0) is 76.8 Å². The first-order chi connectivity index (χ1) is 17.0. The van der Waals surface area contributed by atoms with E-state index in [2.05, 4.69) is 53.4 Å². The number of hydrogen-bond acceptors (Lipinski definition) is 2. The molecule has 1 unspecified atom stereocenters. The number of halogens is 3. The average Bonchev–Trinajstić information content (AvgIpc) is 3.03. The quantitative estimate of drug-likeness (QED) is 0.356. The van der Waals surface area contributed by atoms with E-state index in [1.54, 1.807) is 0 Å². The molecule has 0 amide bonds. The summed E-state index contributed by atoms with van der Waals surface area (Å²) in [5, 5.41) is 1.33. The minimum absolute atomic E-state index is 0.00810. The van der Waals surface area contributed by atoms with Gasteiger partial charge in [0.1, 0.15) is 0 Å². The highest BCUT2D eigenvalue weighted by molar-refractivity contribution is 6.36. The molecule has 5 rings (SSSR count). The van der Waals surface area contributed by atoms with Gasteiger partial charge in [0.25, 0.3) is 0 Å². The van der Waals surface area contributed by atoms with Crippen molar-refractivity contribution >= 4 is 34.3 Å². The zero-order valence-corrected chi connectivity index (χ0v) is 21.3. The maximum Gasteiger partial charge on any atom is 0.0906 e. The molecule has 0 radical (unpaired) electrons. The highest BCUT2D eigenvalue weighted by Crippen LogP contribution is 2.42. The highest BCUT2D eigenvalue weighted by Gasteiger charge is 2.32. The smallest absolute Gasteiger partial charge is 0.0906 e. The third-order valence-corrected chi connectivity index (χ3v) is 7.95. The van der Waals surface area contributed by atoms with Gasteiger partial charge in [0, 0.05) is 41.6 Å². The van der Waals surface area contributed by atoms with Gasteiger partial charge in [0.2, 0.25) is 0 Å². The lowest BCUT2D eigenvalue weighted by Crippen LogP contribution is -2.51. The fourth-order valence-electron chi connectivity index (χ4n) is 5.51. The molecular formula is C30H31Cl2FN2. The second-order valence-electron chi connectivity index (χ2n) is 9.70. The van der Waals surface area contributed by atoms with Crippen LogP contribution in [0.3, 0.4) is 0 Å². The number of fused-ring (bicyclic) bond motifs is 1. The number of nitrogens with zero attached hydrogens (tertiary/aromatic N) is 1. The lowest BCUT2D eigenvalue weighted by atomic mass is 9.84. The molecule has 0 bridgehead atoms. The largest absolute Gasteiger partial charge is 0.324 e. The Bertz CT molecular complexity index is 1220. The molecule has 182 valence electrons. The van der Waals surface area contributed by atoms with E-state index in [-0.39, 0.29) is 12.7 Å². The Balaban J connectivity index is 1.49. The normalized spacial score (nSPS) is 17.6. The molecule has 2 N–H and O–H groups in total. The van der Waals surface area contributed by atoms with Crippen LogP contribution in [0.25, 0.3) is 11.1 Å². The predicted octanol–water partition coefficient (Wildman–Crippen LogP) is 7.58. The maximum absolute atomic E-state index is 12.5. The molecule has 0 aromatic heterocycles. The number of benzene rings is 3. The van der Waals surface area contributed by atoms with Crippen molar-refractivity contribution in [2.45, 2.75) is 31.7 Å². The average molecular weight is 509 g/mol. The molecule has 1 atom stereocenters. The molecule has 1 heterocycles. The summed E-state index contributed by atoms with van der Waals surface area (Å²) in [6.45, 7) is 2.46. The van der Waals surface area contributed by atoms with E-state index in [0.717, 1.165) is 50.0 Å². The molecule has 35 heavy (non-hydrogen) atoms. The molecule has 0 saturated carbocycles. The van der Waals surface area contributed by atoms with Crippen molar-refractivity contribution in [3.63, 3.8) is 0 Å². The van der Waals surface area contributed by atoms with E-state index in [4.69, 9.17) is 28.9 Å². The zero-order valence-electron chi connectivity index (χ0n) is 19.8. The molecule has 5 heteroatoms. The number of nitrogens with two attached hydrogens (primary N) is 1. The van der Waals surface area contributed by atoms with E-state index in [1.165, 1.54) is 27.8 Å². The summed E-state index contributed by atoms with van der Waals surface area (Å²) >= 11 is 12.9. The summed E-state index contributed by atoms with van der Waals surface area (Å²) in [5.41, 5.74) is 15.1. The number of aryl methyl sites for hydroxylation is 1. The fourth-order valence-corrected chi connectivity index (χ4v) is 6.03. The van der Waals surface area contributed by atoms with Crippen LogP contribution in [-0.4, -0.2) is 31.2 Å². The SMILES string of the molecule is NC(c1ccc(C2=C(c3ccc(Cl)cc3Cl)CCCc3ccccc32)cc1)C1CN(CCCF)C1. The van der Waals surface area contributed by atoms with Crippen molar-refractivity contribution in [3.05, 3.63) is 105 Å². The summed E-state index contributed by atoms with van der Waals surface area (Å²) < 4.78 is 12.5. The number of alkyl halides is 1. The monoisotopic (exact) mass is 508 g/mol. The Morgan fingerprint density at radius 3 is 2.46 bits per heavy atom. The van der Waals surface area contributed by atoms with Gasteiger partial charge < -0.3 is 10.6 Å². The third kappa shape index (κ3) is 5.20. The molecule has 1 fully saturated rings. The van der Waals surface area contributed by atoms with Crippen LogP contribution in [0.2, 0.25) is 10.0 Å². The second kappa shape index (κ2) is 10.8. The van der Waals surface area contributed by atoms with E-state index >= 15 is 0 Å². The summed E-state index contributed by atoms with van der Waals surface area (Å²) in [5.74, 6) is 0.418. The van der Waals surface area contributed by atoms with Gasteiger partial charge in [0.15, 0.2) is 0 Å². The van der Waals surface area contributed by atoms with Crippen molar-refractivity contribution in [2.75, 3.05) is 26.3 Å². The van der Waals surface area contributed by atoms with E-state index in [9.17, 15) is 4.39 Å². The van der Waals surface area contributed by atoms with Crippen LogP contribution in [0.5, 0.6) is 0 Å². The Hall–Kier alpha value is -2.17. The van der Waals surface area contributed by atoms with Crippen LogP contribution < -0.4 is 5.73 Å². The minimum atomic E-state index is -0.253. The number of rotatable bonds is 7. The van der Waals surface area contributed by atoms with Crippen LogP contribution in [0.1, 0.15) is 53.1 Å². The van der Waals surface area contributed by atoms with Gasteiger partial charge in [-0.25, -0.2) is 0 Å². The van der Waals surface area contributed by atoms with Crippen LogP contribution in [0.4, 0.5) is 4.39 Å². The molecule has 0 spiro atoms. The molecule has 2 nitrogen and oxygen atoms in total. The van der Waals surface area contributed by atoms with Gasteiger partial charge >= 0.3 is 0 Å². The van der Waals surface area contributed by atoms with Crippen LogP contribution >= 0.6 is 23.2 Å². The summed E-state index contributed by atoms with van der Waals surface area (Å²) in [6, 6.07) is 23.2. The lowest BCUT2D eigenvalue weighted by Gasteiger charge is -2.42. The van der Waals surface area contributed by atoms with Crippen molar-refractivity contribution in [2.24, 2.45) is 11.7 Å². The van der Waals surface area contributed by atoms with Crippen LogP contribution in [-0.2, 0) is 6.42 Å². The Kier molecular flexibility index (Phi) is 7.59. The van der Waals surface area contributed by atoms with Crippen molar-refractivity contribution in [1.29, 1.82) is 0 Å². The molecule has 1 saturated heterocycles. The second-order valence-corrected chi connectivity index (χ2v) is 10.5. The third-order valence-electron chi connectivity index (χ3n) is 7.40. The van der Waals surface area contributed by atoms with Gasteiger partial charge in [-0.2, -0.15) is 0 Å². The van der Waals surface area contributed by atoms with Gasteiger partial charge in [-0.15, -0.1) is 0 Å². The van der Waals surface area contributed by atoms with E-state index < -0.39 is 0 Å². The minimum Gasteiger partial charge on any atom is -0.324 e. The van der Waals surface area contributed by atoms with Crippen LogP contribution in [0, 0.1) is 5.92 Å². The van der Waals surface area contributed by atoms with Crippen LogP contribution in [0.15, 0.2) is 66.7 Å². The molecule has 1 aliphatic carbocycles. The first-order valence-corrected chi connectivity index (χ1v) is 13.2. The van der Waals surface area contributed by atoms with Gasteiger partial charge in [0.05, 0.1) is 6.67 Å². The number of allylic oxidation sites excluding steroid dienone is 1. The Labute approximate surface area is 217 Å². The number of likely N-dealkylation sites (tertiary alicyclic amines) is 1. The lowest BCUT2D eigenvalue weighted by molar-refractivity contribution is 0.0785. The summed E-state index contributed by atoms with van der Waals surface area (Å²) in [4.78, 5) is 2.29. The van der Waals surface area contributed by atoms with Crippen molar-refractivity contribution < 1.29 is 4.39 Å². The molecule has 3 aromatic rings. The predicted molar refractivity (Wildman–Crippen MR) is 146 cm³/mol. The Morgan fingerprint density at radius 1 is 0.943 bits per heavy atom. The summed E-state index contributed by atoms with van der Waals surface area (Å²) in [6.07, 6.45) is 3.66. The molecule has 2 aliphatic rings. The topological polar surface area (TPSA) is 29.3 Å². The standard InChI is InChI=1S/C30H31Cl2FN2/c31-24-13-14-26(28(32)17-24)27-8-3-6-20-5-1-2-7-25(20)29(27)21-9-11-22(12-10-21)30(34)23-18-35(19-23)16-4-15-33/h1-2,5,7,9-14,17,23,30H,3-4,6,8,15-16,18-19,34H2. The first-order valence-electron chi connectivity index (χ1n) is 12.5. The molecular weight excluding hydrogens is 478 g/mol. The van der Waals surface area contributed by atoms with E-state index in [1.807, 2.05) is 18.2 Å². The molecule has 1 aliphatic heterocycles. The van der Waals surface area contributed by atoms with Crippen molar-refractivity contribution in [1.82, 2.24) is 4.90 Å². The molecule has 3 aromatic carbocycles. The highest BCUT2D eigenvalue weighted by atomic mass is 35.5. The fraction of sp³-hybridized carbons (Fsp3) is 0.333.